The van der Waals surface area contributed by atoms with Crippen molar-refractivity contribution in [3.8, 4) is 5.75 Å². The van der Waals surface area contributed by atoms with Crippen LogP contribution in [0.3, 0.4) is 0 Å². The van der Waals surface area contributed by atoms with E-state index >= 15 is 0 Å². The van der Waals surface area contributed by atoms with Crippen LogP contribution in [0, 0.1) is 0 Å². The molecule has 13 heavy (non-hydrogen) atoms. The fourth-order valence-electron chi connectivity index (χ4n) is 0.932. The molecule has 0 aliphatic heterocycles. The van der Waals surface area contributed by atoms with Crippen LogP contribution in [0.5, 0.6) is 5.75 Å². The highest BCUT2D eigenvalue weighted by atomic mass is 16.5. The number of aryl methyl sites for hydroxylation is 1. The van der Waals surface area contributed by atoms with Gasteiger partial charge in [-0.25, -0.2) is 4.79 Å². The molecule has 1 atom stereocenters. The average molecular weight is 184 g/mol. The maximum absolute atomic E-state index is 10.6. The van der Waals surface area contributed by atoms with E-state index in [4.69, 9.17) is 9.84 Å². The van der Waals surface area contributed by atoms with Crippen LogP contribution in [0.4, 0.5) is 0 Å². The van der Waals surface area contributed by atoms with E-state index in [9.17, 15) is 4.79 Å². The summed E-state index contributed by atoms with van der Waals surface area (Å²) in [6, 6.07) is 0. The Hall–Kier alpha value is -1.52. The molecule has 0 aliphatic rings. The second-order valence-corrected chi connectivity index (χ2v) is 2.70. The molecule has 5 nitrogen and oxygen atoms in total. The lowest BCUT2D eigenvalue weighted by Crippen LogP contribution is -2.25. The van der Waals surface area contributed by atoms with E-state index in [0.29, 0.717) is 12.2 Å². The molecule has 0 fully saturated rings. The van der Waals surface area contributed by atoms with Gasteiger partial charge in [-0.1, -0.05) is 6.92 Å². The molecule has 0 aromatic carbocycles. The largest absolute Gasteiger partial charge is 0.479 e. The Morgan fingerprint density at radius 3 is 2.92 bits per heavy atom. The quantitative estimate of drug-likeness (QED) is 0.746. The SMILES string of the molecule is CCC(Oc1cnn(C)c1)C(=O)O. The lowest BCUT2D eigenvalue weighted by Gasteiger charge is -2.10. The normalized spacial score (nSPS) is 12.5. The Morgan fingerprint density at radius 2 is 2.54 bits per heavy atom. The Balaban J connectivity index is 2.61. The lowest BCUT2D eigenvalue weighted by molar-refractivity contribution is -0.145. The minimum Gasteiger partial charge on any atom is -0.479 e. The van der Waals surface area contributed by atoms with Gasteiger partial charge in [0.2, 0.25) is 0 Å². The molecule has 0 saturated carbocycles. The highest BCUT2D eigenvalue weighted by Gasteiger charge is 2.16. The zero-order chi connectivity index (χ0) is 9.84. The summed E-state index contributed by atoms with van der Waals surface area (Å²) in [6.07, 6.45) is 2.77. The van der Waals surface area contributed by atoms with Crippen molar-refractivity contribution in [2.45, 2.75) is 19.4 Å². The summed E-state index contributed by atoms with van der Waals surface area (Å²) >= 11 is 0. The third-order valence-corrected chi connectivity index (χ3v) is 1.61. The van der Waals surface area contributed by atoms with Gasteiger partial charge in [-0.15, -0.1) is 0 Å². The number of carboxylic acids is 1. The van der Waals surface area contributed by atoms with E-state index in [0.717, 1.165) is 0 Å². The molecule has 1 aromatic heterocycles. The topological polar surface area (TPSA) is 64.4 Å². The summed E-state index contributed by atoms with van der Waals surface area (Å²) in [4.78, 5) is 10.6. The maximum Gasteiger partial charge on any atom is 0.344 e. The summed E-state index contributed by atoms with van der Waals surface area (Å²) in [7, 11) is 1.74. The van der Waals surface area contributed by atoms with Crippen molar-refractivity contribution < 1.29 is 14.6 Å². The van der Waals surface area contributed by atoms with Crippen LogP contribution in [0.25, 0.3) is 0 Å². The smallest absolute Gasteiger partial charge is 0.344 e. The Kier molecular flexibility index (Phi) is 2.89. The highest BCUT2D eigenvalue weighted by molar-refractivity contribution is 5.72. The van der Waals surface area contributed by atoms with Crippen LogP contribution in [-0.2, 0) is 11.8 Å². The first-order valence-corrected chi connectivity index (χ1v) is 4.01. The van der Waals surface area contributed by atoms with Gasteiger partial charge in [0.1, 0.15) is 0 Å². The molecule has 5 heteroatoms. The standard InChI is InChI=1S/C8H12N2O3/c1-3-7(8(11)12)13-6-4-9-10(2)5-6/h4-5,7H,3H2,1-2H3,(H,11,12). The fraction of sp³-hybridized carbons (Fsp3) is 0.500. The molecule has 1 aromatic rings. The van der Waals surface area contributed by atoms with Crippen molar-refractivity contribution in [3.05, 3.63) is 12.4 Å². The van der Waals surface area contributed by atoms with Gasteiger partial charge in [0.25, 0.3) is 0 Å². The van der Waals surface area contributed by atoms with Crippen LogP contribution in [0.2, 0.25) is 0 Å². The number of rotatable bonds is 4. The van der Waals surface area contributed by atoms with Crippen molar-refractivity contribution in [3.63, 3.8) is 0 Å². The second-order valence-electron chi connectivity index (χ2n) is 2.70. The predicted octanol–water partition coefficient (Wildman–Crippen LogP) is 0.662. The summed E-state index contributed by atoms with van der Waals surface area (Å²) < 4.78 is 6.72. The number of hydrogen-bond acceptors (Lipinski definition) is 3. The van der Waals surface area contributed by atoms with Crippen molar-refractivity contribution in [1.29, 1.82) is 0 Å². The molecule has 0 aliphatic carbocycles. The van der Waals surface area contributed by atoms with E-state index < -0.39 is 12.1 Å². The zero-order valence-corrected chi connectivity index (χ0v) is 7.60. The van der Waals surface area contributed by atoms with Crippen molar-refractivity contribution in [1.82, 2.24) is 9.78 Å². The van der Waals surface area contributed by atoms with Crippen LogP contribution in [0.15, 0.2) is 12.4 Å². The first-order chi connectivity index (χ1) is 6.13. The Morgan fingerprint density at radius 1 is 1.85 bits per heavy atom. The summed E-state index contributed by atoms with van der Waals surface area (Å²) in [5.74, 6) is -0.469. The van der Waals surface area contributed by atoms with Gasteiger partial charge < -0.3 is 9.84 Å². The van der Waals surface area contributed by atoms with Gasteiger partial charge in [0, 0.05) is 7.05 Å². The fourth-order valence-corrected chi connectivity index (χ4v) is 0.932. The van der Waals surface area contributed by atoms with Gasteiger partial charge in [-0.3, -0.25) is 4.68 Å². The number of carbonyl (C=O) groups is 1. The minimum atomic E-state index is -0.952. The number of ether oxygens (including phenoxy) is 1. The molecule has 1 heterocycles. The van der Waals surface area contributed by atoms with E-state index in [1.54, 1.807) is 24.9 Å². The predicted molar refractivity (Wildman–Crippen MR) is 45.6 cm³/mol. The van der Waals surface area contributed by atoms with E-state index in [-0.39, 0.29) is 0 Å². The van der Waals surface area contributed by atoms with Crippen molar-refractivity contribution >= 4 is 5.97 Å². The van der Waals surface area contributed by atoms with Crippen LogP contribution < -0.4 is 4.74 Å². The maximum atomic E-state index is 10.6. The van der Waals surface area contributed by atoms with E-state index in [1.807, 2.05) is 0 Å². The van der Waals surface area contributed by atoms with Gasteiger partial charge in [0.05, 0.1) is 12.4 Å². The molecule has 0 radical (unpaired) electrons. The number of hydrogen-bond donors (Lipinski definition) is 1. The number of aliphatic carboxylic acids is 1. The molecule has 1 unspecified atom stereocenters. The number of carboxylic acid groups (broad SMARTS) is 1. The molecule has 0 amide bonds. The van der Waals surface area contributed by atoms with Gasteiger partial charge >= 0.3 is 5.97 Å². The first kappa shape index (κ1) is 9.57. The monoisotopic (exact) mass is 184 g/mol. The number of nitrogens with zero attached hydrogens (tertiary/aromatic N) is 2. The molecule has 0 spiro atoms. The molecule has 0 saturated heterocycles. The Labute approximate surface area is 75.9 Å². The van der Waals surface area contributed by atoms with E-state index in [1.165, 1.54) is 6.20 Å². The first-order valence-electron chi connectivity index (χ1n) is 4.01. The van der Waals surface area contributed by atoms with Crippen molar-refractivity contribution in [2.24, 2.45) is 7.05 Å². The highest BCUT2D eigenvalue weighted by Crippen LogP contribution is 2.11. The molecule has 1 rings (SSSR count). The van der Waals surface area contributed by atoms with Gasteiger partial charge in [-0.2, -0.15) is 5.10 Å². The number of aromatic nitrogens is 2. The van der Waals surface area contributed by atoms with Crippen LogP contribution in [0.1, 0.15) is 13.3 Å². The molecular weight excluding hydrogens is 172 g/mol. The third kappa shape index (κ3) is 2.47. The van der Waals surface area contributed by atoms with Crippen molar-refractivity contribution in [2.75, 3.05) is 0 Å². The zero-order valence-electron chi connectivity index (χ0n) is 7.60. The molecule has 0 bridgehead atoms. The van der Waals surface area contributed by atoms with Crippen LogP contribution in [-0.4, -0.2) is 27.0 Å². The Bertz CT molecular complexity index is 295. The summed E-state index contributed by atoms with van der Waals surface area (Å²) in [5, 5.41) is 12.6. The average Bonchev–Trinajstić information content (AvgIpc) is 2.46. The second kappa shape index (κ2) is 3.93. The van der Waals surface area contributed by atoms with E-state index in [2.05, 4.69) is 5.10 Å². The minimum absolute atomic E-state index is 0.435. The lowest BCUT2D eigenvalue weighted by atomic mass is 10.3. The van der Waals surface area contributed by atoms with Gasteiger partial charge in [0.15, 0.2) is 11.9 Å². The van der Waals surface area contributed by atoms with Gasteiger partial charge in [-0.05, 0) is 6.42 Å². The summed E-state index contributed by atoms with van der Waals surface area (Å²) in [5.41, 5.74) is 0. The molecular formula is C8H12N2O3. The van der Waals surface area contributed by atoms with Crippen LogP contribution >= 0.6 is 0 Å². The molecule has 1 N–H and O–H groups in total. The third-order valence-electron chi connectivity index (χ3n) is 1.61. The summed E-state index contributed by atoms with van der Waals surface area (Å²) in [6.45, 7) is 1.76. The molecule has 72 valence electrons.